The summed E-state index contributed by atoms with van der Waals surface area (Å²) in [7, 11) is -4.09. The van der Waals surface area contributed by atoms with Crippen molar-refractivity contribution in [2.45, 2.75) is 43.5 Å². The molecule has 34 heavy (non-hydrogen) atoms. The molecule has 2 aliphatic heterocycles. The fourth-order valence-corrected chi connectivity index (χ4v) is 5.66. The molecule has 1 aromatic rings. The largest absolute Gasteiger partial charge is 0.369 e. The summed E-state index contributed by atoms with van der Waals surface area (Å²) in [5, 5.41) is 2.53. The van der Waals surface area contributed by atoms with E-state index in [-0.39, 0.29) is 46.9 Å². The summed E-state index contributed by atoms with van der Waals surface area (Å²) in [6.45, 7) is 2.14. The fourth-order valence-electron chi connectivity index (χ4n) is 4.12. The first-order valence-electron chi connectivity index (χ1n) is 10.9. The average Bonchev–Trinajstić information content (AvgIpc) is 2.77. The molecule has 186 valence electrons. The zero-order chi connectivity index (χ0) is 25.0. The number of nitrogens with one attached hydrogen (secondary N) is 2. The Morgan fingerprint density at radius 1 is 1.18 bits per heavy atom. The Morgan fingerprint density at radius 2 is 1.88 bits per heavy atom. The molecule has 2 unspecified atom stereocenters. The van der Waals surface area contributed by atoms with Gasteiger partial charge < -0.3 is 20.9 Å². The number of likely N-dealkylation sites (tertiary alicyclic amines) is 2. The van der Waals surface area contributed by atoms with Crippen LogP contribution in [0.3, 0.4) is 0 Å². The first-order chi connectivity index (χ1) is 16.0. The fraction of sp³-hybridized carbons (Fsp3) is 0.524. The molecule has 0 aliphatic carbocycles. The second-order valence-electron chi connectivity index (χ2n) is 8.48. The van der Waals surface area contributed by atoms with E-state index in [1.165, 1.54) is 34.9 Å². The number of piperidine rings is 2. The van der Waals surface area contributed by atoms with Crippen LogP contribution in [0.4, 0.5) is 5.69 Å². The van der Waals surface area contributed by atoms with Crippen LogP contribution in [0.5, 0.6) is 0 Å². The van der Waals surface area contributed by atoms with E-state index in [1.54, 1.807) is 0 Å². The molecule has 0 radical (unpaired) electrons. The number of rotatable bonds is 7. The molecule has 0 bridgehead atoms. The van der Waals surface area contributed by atoms with Crippen molar-refractivity contribution in [1.29, 1.82) is 0 Å². The molecule has 4 N–H and O–H groups in total. The van der Waals surface area contributed by atoms with Gasteiger partial charge in [-0.25, -0.2) is 8.42 Å². The van der Waals surface area contributed by atoms with Gasteiger partial charge in [-0.3, -0.25) is 19.2 Å². The first-order valence-corrected chi connectivity index (χ1v) is 12.8. The summed E-state index contributed by atoms with van der Waals surface area (Å²) in [4.78, 5) is 51.1. The third kappa shape index (κ3) is 6.24. The Hall–Kier alpha value is -2.70. The smallest absolute Gasteiger partial charge is 0.242 e. The average molecular weight is 514 g/mol. The third-order valence-corrected chi connectivity index (χ3v) is 7.67. The maximum atomic E-state index is 12.9. The van der Waals surface area contributed by atoms with E-state index in [9.17, 15) is 27.6 Å². The van der Waals surface area contributed by atoms with Crippen LogP contribution >= 0.6 is 11.6 Å². The number of nitrogens with two attached hydrogens (primary N) is 1. The van der Waals surface area contributed by atoms with Gasteiger partial charge in [-0.15, -0.1) is 0 Å². The number of hydrogen-bond donors (Lipinski definition) is 3. The minimum Gasteiger partial charge on any atom is -0.369 e. The Balaban J connectivity index is 1.65. The van der Waals surface area contributed by atoms with Gasteiger partial charge in [0.15, 0.2) is 0 Å². The van der Waals surface area contributed by atoms with Crippen LogP contribution in [-0.4, -0.2) is 74.1 Å². The molecule has 13 heteroatoms. The number of nitrogens with zero attached hydrogens (tertiary/aromatic N) is 2. The van der Waals surface area contributed by atoms with Crippen LogP contribution in [0.25, 0.3) is 0 Å². The van der Waals surface area contributed by atoms with Crippen molar-refractivity contribution in [3.63, 3.8) is 0 Å². The number of carbonyl (C=O) groups is 4. The number of primary amides is 1. The predicted octanol–water partition coefficient (Wildman–Crippen LogP) is 0.292. The monoisotopic (exact) mass is 513 g/mol. The molecule has 2 atom stereocenters. The van der Waals surface area contributed by atoms with Gasteiger partial charge in [0, 0.05) is 26.6 Å². The normalized spacial score (nSPS) is 21.3. The topological polar surface area (TPSA) is 159 Å². The Labute approximate surface area is 203 Å². The summed E-state index contributed by atoms with van der Waals surface area (Å²) in [5.74, 6) is -2.01. The molecule has 0 spiro atoms. The minimum absolute atomic E-state index is 0.0380. The van der Waals surface area contributed by atoms with Crippen LogP contribution in [0.15, 0.2) is 23.1 Å². The van der Waals surface area contributed by atoms with Crippen molar-refractivity contribution in [1.82, 2.24) is 14.5 Å². The van der Waals surface area contributed by atoms with Crippen LogP contribution in [0, 0.1) is 5.92 Å². The van der Waals surface area contributed by atoms with Crippen molar-refractivity contribution >= 4 is 50.9 Å². The highest BCUT2D eigenvalue weighted by Gasteiger charge is 2.35. The molecular weight excluding hydrogens is 486 g/mol. The van der Waals surface area contributed by atoms with Crippen molar-refractivity contribution in [3.8, 4) is 0 Å². The summed E-state index contributed by atoms with van der Waals surface area (Å²) in [6, 6.07) is 2.80. The number of sulfonamides is 1. The highest BCUT2D eigenvalue weighted by atomic mass is 35.5. The molecule has 0 aromatic heterocycles. The van der Waals surface area contributed by atoms with Crippen LogP contribution in [0.1, 0.15) is 32.6 Å². The van der Waals surface area contributed by atoms with Crippen molar-refractivity contribution < 1.29 is 27.6 Å². The molecule has 1 aromatic carbocycles. The highest BCUT2D eigenvalue weighted by Crippen LogP contribution is 2.26. The molecule has 2 heterocycles. The molecular formula is C21H28ClN5O6S. The molecule has 4 amide bonds. The van der Waals surface area contributed by atoms with E-state index >= 15 is 0 Å². The number of amides is 4. The van der Waals surface area contributed by atoms with Crippen molar-refractivity contribution in [3.05, 3.63) is 23.2 Å². The maximum absolute atomic E-state index is 12.9. The van der Waals surface area contributed by atoms with Crippen LogP contribution < -0.4 is 15.8 Å². The van der Waals surface area contributed by atoms with Gasteiger partial charge >= 0.3 is 0 Å². The van der Waals surface area contributed by atoms with Gasteiger partial charge in [0.05, 0.1) is 28.1 Å². The van der Waals surface area contributed by atoms with E-state index in [2.05, 4.69) is 10.0 Å². The number of halogens is 1. The predicted molar refractivity (Wildman–Crippen MR) is 124 cm³/mol. The molecule has 2 fully saturated rings. The SMILES string of the molecule is CC(=O)Nc1ccc(S(=O)(=O)NC2CCCN(CC(=O)N3CCCC(C(N)=O)C3)C2=O)cc1Cl. The lowest BCUT2D eigenvalue weighted by molar-refractivity contribution is -0.144. The van der Waals surface area contributed by atoms with Gasteiger partial charge in [0.25, 0.3) is 0 Å². The molecule has 2 aliphatic rings. The van der Waals surface area contributed by atoms with Gasteiger partial charge in [0.2, 0.25) is 33.7 Å². The Morgan fingerprint density at radius 3 is 2.53 bits per heavy atom. The van der Waals surface area contributed by atoms with Crippen molar-refractivity contribution in [2.75, 3.05) is 31.5 Å². The quantitative estimate of drug-likeness (QED) is 0.475. The maximum Gasteiger partial charge on any atom is 0.242 e. The molecule has 11 nitrogen and oxygen atoms in total. The second kappa shape index (κ2) is 10.7. The third-order valence-electron chi connectivity index (χ3n) is 5.89. The summed E-state index contributed by atoms with van der Waals surface area (Å²) in [5.41, 5.74) is 5.63. The zero-order valence-corrected chi connectivity index (χ0v) is 20.3. The number of benzene rings is 1. The summed E-state index contributed by atoms with van der Waals surface area (Å²) >= 11 is 6.08. The minimum atomic E-state index is -4.09. The Kier molecular flexibility index (Phi) is 8.16. The van der Waals surface area contributed by atoms with Gasteiger partial charge in [-0.1, -0.05) is 11.6 Å². The standard InChI is InChI=1S/C21H28ClN5O6S/c1-13(28)24-17-7-6-15(10-16(17)22)34(32,33)25-18-5-3-9-27(21(18)31)12-19(29)26-8-2-4-14(11-26)20(23)30/h6-7,10,14,18,25H,2-5,8-9,11-12H2,1H3,(H2,23,30)(H,24,28). The van der Waals surface area contributed by atoms with Gasteiger partial charge in [-0.2, -0.15) is 4.72 Å². The van der Waals surface area contributed by atoms with E-state index < -0.39 is 33.8 Å². The Bertz CT molecular complexity index is 1100. The lowest BCUT2D eigenvalue weighted by atomic mass is 9.97. The summed E-state index contributed by atoms with van der Waals surface area (Å²) in [6.07, 6.45) is 2.08. The second-order valence-corrected chi connectivity index (χ2v) is 10.6. The lowest BCUT2D eigenvalue weighted by Crippen LogP contribution is -2.55. The summed E-state index contributed by atoms with van der Waals surface area (Å²) < 4.78 is 28.1. The molecule has 2 saturated heterocycles. The molecule has 3 rings (SSSR count). The highest BCUT2D eigenvalue weighted by molar-refractivity contribution is 7.89. The van der Waals surface area contributed by atoms with E-state index in [1.807, 2.05) is 0 Å². The van der Waals surface area contributed by atoms with E-state index in [0.717, 1.165) is 0 Å². The van der Waals surface area contributed by atoms with Crippen molar-refractivity contribution in [2.24, 2.45) is 11.7 Å². The zero-order valence-electron chi connectivity index (χ0n) is 18.8. The van der Waals surface area contributed by atoms with Crippen LogP contribution in [-0.2, 0) is 29.2 Å². The number of hydrogen-bond acceptors (Lipinski definition) is 6. The van der Waals surface area contributed by atoms with Gasteiger partial charge in [-0.05, 0) is 43.9 Å². The van der Waals surface area contributed by atoms with E-state index in [4.69, 9.17) is 17.3 Å². The molecule has 0 saturated carbocycles. The van der Waals surface area contributed by atoms with E-state index in [0.29, 0.717) is 32.4 Å². The van der Waals surface area contributed by atoms with Gasteiger partial charge in [0.1, 0.15) is 6.04 Å². The number of carbonyl (C=O) groups excluding carboxylic acids is 4. The first kappa shape index (κ1) is 25.9. The number of anilines is 1. The van der Waals surface area contributed by atoms with Crippen LogP contribution in [0.2, 0.25) is 5.02 Å². The lowest BCUT2D eigenvalue weighted by Gasteiger charge is -2.36.